The third kappa shape index (κ3) is 7.58. The number of ether oxygens (including phenoxy) is 2. The molecule has 6 heteroatoms. The summed E-state index contributed by atoms with van der Waals surface area (Å²) < 4.78 is 9.54. The summed E-state index contributed by atoms with van der Waals surface area (Å²) in [6.45, 7) is 1.89. The topological polar surface area (TPSA) is 76.0 Å². The summed E-state index contributed by atoms with van der Waals surface area (Å²) >= 11 is 5.43. The van der Waals surface area contributed by atoms with Crippen LogP contribution in [0.1, 0.15) is 6.92 Å². The van der Waals surface area contributed by atoms with E-state index in [9.17, 15) is 0 Å². The van der Waals surface area contributed by atoms with Crippen LogP contribution in [0.15, 0.2) is 11.3 Å². The van der Waals surface area contributed by atoms with E-state index in [1.807, 2.05) is 0 Å². The molecular formula is C7H11ClO5. The first-order chi connectivity index (χ1) is 6.04. The molecule has 5 nitrogen and oxygen atoms in total. The van der Waals surface area contributed by atoms with Crippen molar-refractivity contribution >= 4 is 17.6 Å². The number of carboxylic acids is 1. The molecule has 0 saturated heterocycles. The van der Waals surface area contributed by atoms with Gasteiger partial charge < -0.3 is 19.7 Å². The van der Waals surface area contributed by atoms with Crippen molar-refractivity contribution < 1.29 is 24.5 Å². The van der Waals surface area contributed by atoms with Crippen molar-refractivity contribution in [1.29, 1.82) is 0 Å². The van der Waals surface area contributed by atoms with Crippen LogP contribution in [0.25, 0.3) is 0 Å². The average Bonchev–Trinajstić information content (AvgIpc) is 2.16. The Morgan fingerprint density at radius 3 is 2.77 bits per heavy atom. The van der Waals surface area contributed by atoms with E-state index in [0.29, 0.717) is 13.2 Å². The number of aliphatic hydroxyl groups excluding tert-OH is 1. The molecule has 0 fully saturated rings. The van der Waals surface area contributed by atoms with Crippen molar-refractivity contribution in [3.63, 3.8) is 0 Å². The molecule has 0 aromatic carbocycles. The van der Waals surface area contributed by atoms with Gasteiger partial charge in [-0.25, -0.2) is 0 Å². The SMILES string of the molecule is CC(=O)O.OC1OCCOC=C1Cl. The van der Waals surface area contributed by atoms with Gasteiger partial charge in [-0.2, -0.15) is 0 Å². The number of carboxylic acid groups (broad SMARTS) is 1. The van der Waals surface area contributed by atoms with E-state index in [1.54, 1.807) is 0 Å². The number of aliphatic hydroxyl groups is 1. The molecule has 0 aliphatic carbocycles. The predicted octanol–water partition coefficient (Wildman–Crippen LogP) is 0.523. The van der Waals surface area contributed by atoms with Crippen molar-refractivity contribution in [2.75, 3.05) is 13.2 Å². The van der Waals surface area contributed by atoms with Crippen LogP contribution < -0.4 is 0 Å². The fourth-order valence-corrected chi connectivity index (χ4v) is 0.610. The third-order valence-electron chi connectivity index (χ3n) is 0.909. The van der Waals surface area contributed by atoms with Gasteiger partial charge in [0.25, 0.3) is 5.97 Å². The summed E-state index contributed by atoms with van der Waals surface area (Å²) in [6, 6.07) is 0. The third-order valence-corrected chi connectivity index (χ3v) is 1.18. The largest absolute Gasteiger partial charge is 0.497 e. The highest BCUT2D eigenvalue weighted by Gasteiger charge is 2.11. The van der Waals surface area contributed by atoms with Gasteiger partial charge in [0.15, 0.2) is 6.29 Å². The lowest BCUT2D eigenvalue weighted by Gasteiger charge is -2.04. The molecule has 0 amide bonds. The van der Waals surface area contributed by atoms with Gasteiger partial charge in [-0.05, 0) is 0 Å². The van der Waals surface area contributed by atoms with Gasteiger partial charge in [0.2, 0.25) is 0 Å². The van der Waals surface area contributed by atoms with E-state index in [0.717, 1.165) is 6.92 Å². The Balaban J connectivity index is 0.000000310. The van der Waals surface area contributed by atoms with Crippen LogP contribution >= 0.6 is 11.6 Å². The van der Waals surface area contributed by atoms with Crippen LogP contribution in [0.4, 0.5) is 0 Å². The lowest BCUT2D eigenvalue weighted by atomic mass is 10.6. The maximum atomic E-state index is 9.00. The summed E-state index contributed by atoms with van der Waals surface area (Å²) in [5, 5.41) is 16.5. The maximum absolute atomic E-state index is 9.00. The van der Waals surface area contributed by atoms with Crippen LogP contribution in [0.5, 0.6) is 0 Å². The maximum Gasteiger partial charge on any atom is 0.300 e. The number of carbonyl (C=O) groups is 1. The van der Waals surface area contributed by atoms with Crippen molar-refractivity contribution in [2.45, 2.75) is 13.2 Å². The van der Waals surface area contributed by atoms with Crippen LogP contribution in [0.3, 0.4) is 0 Å². The van der Waals surface area contributed by atoms with Crippen molar-refractivity contribution in [1.82, 2.24) is 0 Å². The molecule has 0 saturated carbocycles. The zero-order chi connectivity index (χ0) is 10.3. The molecule has 0 radical (unpaired) electrons. The molecule has 1 rings (SSSR count). The van der Waals surface area contributed by atoms with Gasteiger partial charge in [-0.3, -0.25) is 4.79 Å². The molecule has 0 bridgehead atoms. The molecule has 1 heterocycles. The van der Waals surface area contributed by atoms with Crippen molar-refractivity contribution in [2.24, 2.45) is 0 Å². The standard InChI is InChI=1S/C5H7ClO3.C2H4O2/c6-4-3-8-1-2-9-5(4)7;1-2(3)4/h3,5,7H,1-2H2;1H3,(H,3,4). The Bertz CT molecular complexity index is 187. The van der Waals surface area contributed by atoms with Crippen LogP contribution in [0, 0.1) is 0 Å². The highest BCUT2D eigenvalue weighted by Crippen LogP contribution is 2.11. The number of halogens is 1. The zero-order valence-electron chi connectivity index (χ0n) is 7.07. The van der Waals surface area contributed by atoms with Gasteiger partial charge in [0.05, 0.1) is 6.61 Å². The zero-order valence-corrected chi connectivity index (χ0v) is 7.82. The number of aliphatic carboxylic acids is 1. The Kier molecular flexibility index (Phi) is 6.30. The first-order valence-electron chi connectivity index (χ1n) is 3.50. The van der Waals surface area contributed by atoms with Gasteiger partial charge in [-0.1, -0.05) is 11.6 Å². The summed E-state index contributed by atoms with van der Waals surface area (Å²) in [6.07, 6.45) is 0.285. The number of rotatable bonds is 0. The molecule has 0 aromatic heterocycles. The Labute approximate surface area is 80.5 Å². The lowest BCUT2D eigenvalue weighted by molar-refractivity contribution is -0.134. The van der Waals surface area contributed by atoms with Crippen molar-refractivity contribution in [3.8, 4) is 0 Å². The number of hydrogen-bond donors (Lipinski definition) is 2. The van der Waals surface area contributed by atoms with E-state index in [1.165, 1.54) is 6.26 Å². The van der Waals surface area contributed by atoms with E-state index >= 15 is 0 Å². The van der Waals surface area contributed by atoms with Gasteiger partial charge in [0, 0.05) is 6.92 Å². The fraction of sp³-hybridized carbons (Fsp3) is 0.571. The van der Waals surface area contributed by atoms with Gasteiger partial charge in [0.1, 0.15) is 17.9 Å². The van der Waals surface area contributed by atoms with E-state index in [4.69, 9.17) is 36.1 Å². The predicted molar refractivity (Wildman–Crippen MR) is 45.2 cm³/mol. The second-order valence-corrected chi connectivity index (χ2v) is 2.55. The lowest BCUT2D eigenvalue weighted by Crippen LogP contribution is -2.11. The average molecular weight is 211 g/mol. The van der Waals surface area contributed by atoms with E-state index in [2.05, 4.69) is 0 Å². The van der Waals surface area contributed by atoms with E-state index < -0.39 is 12.3 Å². The molecule has 1 aliphatic rings. The van der Waals surface area contributed by atoms with Crippen LogP contribution in [-0.4, -0.2) is 35.7 Å². The molecule has 1 unspecified atom stereocenters. The molecule has 0 spiro atoms. The Morgan fingerprint density at radius 2 is 2.23 bits per heavy atom. The Morgan fingerprint density at radius 1 is 1.69 bits per heavy atom. The minimum absolute atomic E-state index is 0.188. The number of hydrogen-bond acceptors (Lipinski definition) is 4. The smallest absolute Gasteiger partial charge is 0.300 e. The summed E-state index contributed by atoms with van der Waals surface area (Å²) in [4.78, 5) is 9.00. The van der Waals surface area contributed by atoms with Crippen molar-refractivity contribution in [3.05, 3.63) is 11.3 Å². The second kappa shape index (κ2) is 6.71. The minimum Gasteiger partial charge on any atom is -0.497 e. The fourth-order valence-electron chi connectivity index (χ4n) is 0.484. The summed E-state index contributed by atoms with van der Waals surface area (Å²) in [5.41, 5.74) is 0. The van der Waals surface area contributed by atoms with Gasteiger partial charge >= 0.3 is 0 Å². The van der Waals surface area contributed by atoms with E-state index in [-0.39, 0.29) is 5.03 Å². The molecule has 1 aliphatic heterocycles. The highest BCUT2D eigenvalue weighted by molar-refractivity contribution is 6.29. The normalized spacial score (nSPS) is 21.5. The first kappa shape index (κ1) is 12.2. The molecular weight excluding hydrogens is 200 g/mol. The highest BCUT2D eigenvalue weighted by atomic mass is 35.5. The molecule has 13 heavy (non-hydrogen) atoms. The molecule has 2 N–H and O–H groups in total. The molecule has 0 aromatic rings. The van der Waals surface area contributed by atoms with Gasteiger partial charge in [-0.15, -0.1) is 0 Å². The molecule has 1 atom stereocenters. The summed E-state index contributed by atoms with van der Waals surface area (Å²) in [7, 11) is 0. The monoisotopic (exact) mass is 210 g/mol. The summed E-state index contributed by atoms with van der Waals surface area (Å²) in [5.74, 6) is -0.833. The second-order valence-electron chi connectivity index (χ2n) is 2.12. The quantitative estimate of drug-likeness (QED) is 0.610. The first-order valence-corrected chi connectivity index (χ1v) is 3.88. The van der Waals surface area contributed by atoms with Crippen LogP contribution in [-0.2, 0) is 14.3 Å². The van der Waals surface area contributed by atoms with Crippen LogP contribution in [0.2, 0.25) is 0 Å². The minimum atomic E-state index is -1.01. The molecule has 76 valence electrons. The Hall–Kier alpha value is -0.780.